The molecule has 0 spiro atoms. The molecule has 0 unspecified atom stereocenters. The lowest BCUT2D eigenvalue weighted by Gasteiger charge is -2.11. The molecule has 2 rings (SSSR count). The fourth-order valence-corrected chi connectivity index (χ4v) is 2.18. The van der Waals surface area contributed by atoms with Crippen molar-refractivity contribution in [2.45, 2.75) is 13.2 Å². The highest BCUT2D eigenvalue weighted by Crippen LogP contribution is 2.29. The first-order chi connectivity index (χ1) is 8.26. The zero-order chi connectivity index (χ0) is 12.3. The summed E-state index contributed by atoms with van der Waals surface area (Å²) in [6.45, 7) is -0.105. The third kappa shape index (κ3) is 2.54. The largest absolute Gasteiger partial charge is 0.392 e. The summed E-state index contributed by atoms with van der Waals surface area (Å²) in [5.74, 6) is 0. The molecule has 2 N–H and O–H groups in total. The van der Waals surface area contributed by atoms with Gasteiger partial charge in [0.25, 0.3) is 0 Å². The Morgan fingerprint density at radius 1 is 1.00 bits per heavy atom. The van der Waals surface area contributed by atoms with Gasteiger partial charge in [0.15, 0.2) is 0 Å². The van der Waals surface area contributed by atoms with Gasteiger partial charge in [-0.1, -0.05) is 22.0 Å². The number of aromatic nitrogens is 1. The number of nitrogens with zero attached hydrogens (tertiary/aromatic N) is 1. The molecule has 0 fully saturated rings. The van der Waals surface area contributed by atoms with Crippen molar-refractivity contribution < 1.29 is 10.2 Å². The van der Waals surface area contributed by atoms with Crippen molar-refractivity contribution in [1.82, 2.24) is 4.98 Å². The molecule has 0 aliphatic rings. The highest BCUT2D eigenvalue weighted by Gasteiger charge is 2.09. The van der Waals surface area contributed by atoms with Crippen molar-refractivity contribution in [3.05, 3.63) is 52.3 Å². The molecular weight excluding hydrogens is 282 g/mol. The summed E-state index contributed by atoms with van der Waals surface area (Å²) in [7, 11) is 0. The molecule has 0 aliphatic heterocycles. The van der Waals surface area contributed by atoms with Crippen LogP contribution in [0.4, 0.5) is 0 Å². The van der Waals surface area contributed by atoms with E-state index < -0.39 is 0 Å². The predicted octanol–water partition coefficient (Wildman–Crippen LogP) is 2.50. The molecular formula is C13H12BrNO2. The van der Waals surface area contributed by atoms with E-state index in [0.29, 0.717) is 0 Å². The molecule has 0 radical (unpaired) electrons. The first-order valence-electron chi connectivity index (χ1n) is 5.19. The van der Waals surface area contributed by atoms with Gasteiger partial charge in [-0.25, -0.2) is 0 Å². The summed E-state index contributed by atoms with van der Waals surface area (Å²) in [6.07, 6.45) is 3.32. The second kappa shape index (κ2) is 5.40. The van der Waals surface area contributed by atoms with E-state index >= 15 is 0 Å². The molecule has 0 amide bonds. The molecule has 1 aromatic heterocycles. The van der Waals surface area contributed by atoms with Gasteiger partial charge in [-0.15, -0.1) is 0 Å². The zero-order valence-electron chi connectivity index (χ0n) is 9.10. The predicted molar refractivity (Wildman–Crippen MR) is 69.2 cm³/mol. The first kappa shape index (κ1) is 12.2. The van der Waals surface area contributed by atoms with Crippen molar-refractivity contribution in [3.8, 4) is 11.1 Å². The minimum absolute atomic E-state index is 0.0397. The summed E-state index contributed by atoms with van der Waals surface area (Å²) in [5.41, 5.74) is 3.39. The number of pyridine rings is 1. The van der Waals surface area contributed by atoms with E-state index in [4.69, 9.17) is 0 Å². The minimum Gasteiger partial charge on any atom is -0.392 e. The molecule has 0 bridgehead atoms. The summed E-state index contributed by atoms with van der Waals surface area (Å²) >= 11 is 3.37. The van der Waals surface area contributed by atoms with Gasteiger partial charge in [0, 0.05) is 22.4 Å². The van der Waals surface area contributed by atoms with Crippen molar-refractivity contribution in [3.63, 3.8) is 0 Å². The van der Waals surface area contributed by atoms with Crippen molar-refractivity contribution >= 4 is 15.9 Å². The lowest BCUT2D eigenvalue weighted by molar-refractivity contribution is 0.280. The smallest absolute Gasteiger partial charge is 0.0702 e. The molecule has 0 saturated heterocycles. The van der Waals surface area contributed by atoms with Crippen LogP contribution in [0.5, 0.6) is 0 Å². The quantitative estimate of drug-likeness (QED) is 0.914. The first-order valence-corrected chi connectivity index (χ1v) is 5.99. The van der Waals surface area contributed by atoms with Crippen molar-refractivity contribution in [2.24, 2.45) is 0 Å². The molecule has 1 heterocycles. The van der Waals surface area contributed by atoms with Crippen LogP contribution in [0.3, 0.4) is 0 Å². The van der Waals surface area contributed by atoms with Crippen LogP contribution in [0, 0.1) is 0 Å². The second-order valence-corrected chi connectivity index (χ2v) is 4.57. The molecule has 1 aromatic carbocycles. The molecule has 0 saturated carbocycles. The Bertz CT molecular complexity index is 529. The topological polar surface area (TPSA) is 53.4 Å². The lowest BCUT2D eigenvalue weighted by atomic mass is 9.97. The molecule has 88 valence electrons. The Balaban J connectivity index is 2.59. The van der Waals surface area contributed by atoms with Gasteiger partial charge >= 0.3 is 0 Å². The maximum Gasteiger partial charge on any atom is 0.0702 e. The van der Waals surface area contributed by atoms with Crippen LogP contribution in [0.2, 0.25) is 0 Å². The molecule has 0 aliphatic carbocycles. The van der Waals surface area contributed by atoms with Gasteiger partial charge in [-0.3, -0.25) is 4.98 Å². The average molecular weight is 294 g/mol. The van der Waals surface area contributed by atoms with Crippen LogP contribution in [-0.2, 0) is 13.2 Å². The fraction of sp³-hybridized carbons (Fsp3) is 0.154. The van der Waals surface area contributed by atoms with Crippen molar-refractivity contribution in [2.75, 3.05) is 0 Å². The zero-order valence-corrected chi connectivity index (χ0v) is 10.7. The number of hydrogen-bond donors (Lipinski definition) is 2. The number of hydrogen-bond acceptors (Lipinski definition) is 3. The van der Waals surface area contributed by atoms with Crippen molar-refractivity contribution in [1.29, 1.82) is 0 Å². The monoisotopic (exact) mass is 293 g/mol. The van der Waals surface area contributed by atoms with Crippen LogP contribution in [-0.4, -0.2) is 15.2 Å². The summed E-state index contributed by atoms with van der Waals surface area (Å²) < 4.78 is 0.921. The maximum absolute atomic E-state index is 9.37. The average Bonchev–Trinajstić information content (AvgIpc) is 2.38. The summed E-state index contributed by atoms with van der Waals surface area (Å²) in [5, 5.41) is 18.7. The van der Waals surface area contributed by atoms with Gasteiger partial charge in [0.05, 0.1) is 13.2 Å². The molecule has 2 aromatic rings. The van der Waals surface area contributed by atoms with Crippen LogP contribution in [0.15, 0.2) is 41.1 Å². The second-order valence-electron chi connectivity index (χ2n) is 3.65. The molecule has 17 heavy (non-hydrogen) atoms. The molecule has 4 heteroatoms. The normalized spacial score (nSPS) is 10.5. The van der Waals surface area contributed by atoms with Crippen LogP contribution in [0.25, 0.3) is 11.1 Å². The fourth-order valence-electron chi connectivity index (χ4n) is 1.77. The SMILES string of the molecule is OCc1cnccc1-c1ccc(Br)cc1CO. The molecule has 3 nitrogen and oxygen atoms in total. The Hall–Kier alpha value is -1.23. The number of halogens is 1. The van der Waals surface area contributed by atoms with E-state index in [0.717, 1.165) is 26.7 Å². The maximum atomic E-state index is 9.37. The Morgan fingerprint density at radius 2 is 1.71 bits per heavy atom. The number of rotatable bonds is 3. The number of aliphatic hydroxyl groups excluding tert-OH is 2. The third-order valence-corrected chi connectivity index (χ3v) is 3.09. The van der Waals surface area contributed by atoms with E-state index in [2.05, 4.69) is 20.9 Å². The Kier molecular flexibility index (Phi) is 3.89. The van der Waals surface area contributed by atoms with Crippen LogP contribution < -0.4 is 0 Å². The van der Waals surface area contributed by atoms with Gasteiger partial charge in [0.2, 0.25) is 0 Å². The van der Waals surface area contributed by atoms with E-state index in [1.54, 1.807) is 12.4 Å². The lowest BCUT2D eigenvalue weighted by Crippen LogP contribution is -1.95. The summed E-state index contributed by atoms with van der Waals surface area (Å²) in [6, 6.07) is 7.55. The van der Waals surface area contributed by atoms with Gasteiger partial charge in [-0.05, 0) is 34.9 Å². The minimum atomic E-state index is -0.0654. The number of benzene rings is 1. The number of aliphatic hydroxyl groups is 2. The standard InChI is InChI=1S/C13H12BrNO2/c14-11-1-2-12(9(5-11)7-16)13-3-4-15-6-10(13)8-17/h1-6,16-17H,7-8H2. The van der Waals surface area contributed by atoms with Crippen LogP contribution >= 0.6 is 15.9 Å². The highest BCUT2D eigenvalue weighted by atomic mass is 79.9. The van der Waals surface area contributed by atoms with E-state index in [-0.39, 0.29) is 13.2 Å². The highest BCUT2D eigenvalue weighted by molar-refractivity contribution is 9.10. The van der Waals surface area contributed by atoms with Crippen LogP contribution in [0.1, 0.15) is 11.1 Å². The van der Waals surface area contributed by atoms with Gasteiger partial charge < -0.3 is 10.2 Å². The van der Waals surface area contributed by atoms with Gasteiger partial charge in [-0.2, -0.15) is 0 Å². The Morgan fingerprint density at radius 3 is 2.41 bits per heavy atom. The molecule has 0 atom stereocenters. The third-order valence-electron chi connectivity index (χ3n) is 2.60. The van der Waals surface area contributed by atoms with Gasteiger partial charge in [0.1, 0.15) is 0 Å². The van der Waals surface area contributed by atoms with E-state index in [9.17, 15) is 10.2 Å². The van der Waals surface area contributed by atoms with E-state index in [1.807, 2.05) is 24.3 Å². The Labute approximate surface area is 108 Å². The summed E-state index contributed by atoms with van der Waals surface area (Å²) in [4.78, 5) is 3.98. The van der Waals surface area contributed by atoms with E-state index in [1.165, 1.54) is 0 Å².